The fourth-order valence-electron chi connectivity index (χ4n) is 2.44. The van der Waals surface area contributed by atoms with Crippen LogP contribution in [0, 0.1) is 10.1 Å². The van der Waals surface area contributed by atoms with Crippen LogP contribution in [0.4, 0.5) is 17.1 Å². The van der Waals surface area contributed by atoms with Crippen molar-refractivity contribution < 1.29 is 9.72 Å². The minimum absolute atomic E-state index is 0.00185. The Kier molecular flexibility index (Phi) is 4.61. The lowest BCUT2D eigenvalue weighted by atomic mass is 10.2. The van der Waals surface area contributed by atoms with E-state index in [1.807, 2.05) is 25.1 Å². The Balaban J connectivity index is 1.93. The van der Waals surface area contributed by atoms with E-state index >= 15 is 0 Å². The summed E-state index contributed by atoms with van der Waals surface area (Å²) in [5.41, 5.74) is 1.43. The van der Waals surface area contributed by atoms with Crippen molar-refractivity contribution in [3.8, 4) is 0 Å². The zero-order valence-electron chi connectivity index (χ0n) is 13.4. The number of amides is 1. The molecule has 1 aromatic heterocycles. The van der Waals surface area contributed by atoms with Crippen LogP contribution < -0.4 is 10.2 Å². The SMILES string of the molecule is CN(C)c1ccc(Cl)cc1NC(=O)c1cc2cc([N+](=O)[O-])ccc2s1. The van der Waals surface area contributed by atoms with Crippen molar-refractivity contribution in [3.05, 3.63) is 62.5 Å². The van der Waals surface area contributed by atoms with Gasteiger partial charge in [0, 0.05) is 41.3 Å². The minimum atomic E-state index is -0.452. The molecule has 0 fully saturated rings. The number of nitrogens with zero attached hydrogens (tertiary/aromatic N) is 2. The normalized spacial score (nSPS) is 10.7. The monoisotopic (exact) mass is 375 g/mol. The highest BCUT2D eigenvalue weighted by Crippen LogP contribution is 2.31. The lowest BCUT2D eigenvalue weighted by Gasteiger charge is -2.18. The van der Waals surface area contributed by atoms with E-state index in [1.165, 1.54) is 23.5 Å². The van der Waals surface area contributed by atoms with Crippen LogP contribution in [0.1, 0.15) is 9.67 Å². The molecule has 2 aromatic carbocycles. The summed E-state index contributed by atoms with van der Waals surface area (Å²) in [5.74, 6) is -0.283. The Hall–Kier alpha value is -2.64. The maximum Gasteiger partial charge on any atom is 0.270 e. The van der Waals surface area contributed by atoms with E-state index < -0.39 is 4.92 Å². The van der Waals surface area contributed by atoms with Gasteiger partial charge in [0.05, 0.1) is 21.2 Å². The lowest BCUT2D eigenvalue weighted by Crippen LogP contribution is -2.16. The van der Waals surface area contributed by atoms with E-state index in [0.29, 0.717) is 21.0 Å². The third kappa shape index (κ3) is 3.57. The predicted molar refractivity (Wildman–Crippen MR) is 102 cm³/mol. The first-order valence-electron chi connectivity index (χ1n) is 7.31. The molecule has 3 rings (SSSR count). The van der Waals surface area contributed by atoms with Crippen molar-refractivity contribution in [2.24, 2.45) is 0 Å². The van der Waals surface area contributed by atoms with Crippen LogP contribution in [0.25, 0.3) is 10.1 Å². The summed E-state index contributed by atoms with van der Waals surface area (Å²) in [5, 5.41) is 14.9. The number of thiophene rings is 1. The predicted octanol–water partition coefficient (Wildman–Crippen LogP) is 4.78. The van der Waals surface area contributed by atoms with Gasteiger partial charge >= 0.3 is 0 Å². The number of rotatable bonds is 4. The molecular weight excluding hydrogens is 362 g/mol. The number of non-ortho nitro benzene ring substituents is 1. The summed E-state index contributed by atoms with van der Waals surface area (Å²) in [6.45, 7) is 0. The molecular formula is C17H14ClN3O3S. The molecule has 6 nitrogen and oxygen atoms in total. The number of carbonyl (C=O) groups excluding carboxylic acids is 1. The van der Waals surface area contributed by atoms with Gasteiger partial charge in [-0.3, -0.25) is 14.9 Å². The number of halogens is 1. The number of benzene rings is 2. The number of nitrogens with one attached hydrogen (secondary N) is 1. The third-order valence-corrected chi connectivity index (χ3v) is 4.97. The summed E-state index contributed by atoms with van der Waals surface area (Å²) in [4.78, 5) is 25.4. The van der Waals surface area contributed by atoms with E-state index in [0.717, 1.165) is 10.4 Å². The number of hydrogen-bond acceptors (Lipinski definition) is 5. The van der Waals surface area contributed by atoms with Gasteiger partial charge in [-0.1, -0.05) is 11.6 Å². The first kappa shape index (κ1) is 17.2. The van der Waals surface area contributed by atoms with Gasteiger partial charge in [-0.25, -0.2) is 0 Å². The average molecular weight is 376 g/mol. The van der Waals surface area contributed by atoms with Gasteiger partial charge in [-0.15, -0.1) is 11.3 Å². The van der Waals surface area contributed by atoms with Crippen molar-refractivity contribution in [1.29, 1.82) is 0 Å². The van der Waals surface area contributed by atoms with Crippen molar-refractivity contribution in [1.82, 2.24) is 0 Å². The molecule has 128 valence electrons. The molecule has 8 heteroatoms. The van der Waals surface area contributed by atoms with Gasteiger partial charge in [0.15, 0.2) is 0 Å². The molecule has 0 saturated heterocycles. The molecule has 0 aliphatic heterocycles. The molecule has 0 spiro atoms. The van der Waals surface area contributed by atoms with E-state index in [9.17, 15) is 14.9 Å². The standard InChI is InChI=1S/C17H14ClN3O3S/c1-20(2)14-5-3-11(18)9-13(14)19-17(22)16-8-10-7-12(21(23)24)4-6-15(10)25-16/h3-9H,1-2H3,(H,19,22). The van der Waals surface area contributed by atoms with Gasteiger partial charge in [0.1, 0.15) is 0 Å². The Morgan fingerprint density at radius 1 is 1.20 bits per heavy atom. The number of hydrogen-bond donors (Lipinski definition) is 1. The Labute approximate surface area is 152 Å². The lowest BCUT2D eigenvalue weighted by molar-refractivity contribution is -0.384. The van der Waals surface area contributed by atoms with Crippen molar-refractivity contribution >= 4 is 56.0 Å². The second kappa shape index (κ2) is 6.70. The molecule has 1 N–H and O–H groups in total. The molecule has 1 amide bonds. The second-order valence-electron chi connectivity index (χ2n) is 5.60. The molecule has 0 atom stereocenters. The summed E-state index contributed by atoms with van der Waals surface area (Å²) < 4.78 is 0.815. The Bertz CT molecular complexity index is 984. The van der Waals surface area contributed by atoms with Crippen molar-refractivity contribution in [2.75, 3.05) is 24.3 Å². The van der Waals surface area contributed by atoms with Crippen LogP contribution >= 0.6 is 22.9 Å². The maximum atomic E-state index is 12.6. The first-order valence-corrected chi connectivity index (χ1v) is 8.51. The van der Waals surface area contributed by atoms with Crippen LogP contribution in [-0.4, -0.2) is 24.9 Å². The van der Waals surface area contributed by atoms with E-state index in [4.69, 9.17) is 11.6 Å². The molecule has 0 saturated carbocycles. The largest absolute Gasteiger partial charge is 0.376 e. The Morgan fingerprint density at radius 2 is 1.96 bits per heavy atom. The number of anilines is 2. The van der Waals surface area contributed by atoms with Crippen LogP contribution in [-0.2, 0) is 0 Å². The quantitative estimate of drug-likeness (QED) is 0.526. The van der Waals surface area contributed by atoms with Gasteiger partial charge in [-0.2, -0.15) is 0 Å². The van der Waals surface area contributed by atoms with Crippen LogP contribution in [0.2, 0.25) is 5.02 Å². The summed E-state index contributed by atoms with van der Waals surface area (Å²) in [6, 6.07) is 11.5. The maximum absolute atomic E-state index is 12.6. The molecule has 0 aliphatic carbocycles. The molecule has 3 aromatic rings. The molecule has 0 aliphatic rings. The highest BCUT2D eigenvalue weighted by atomic mass is 35.5. The van der Waals surface area contributed by atoms with Gasteiger partial charge in [-0.05, 0) is 30.3 Å². The fourth-order valence-corrected chi connectivity index (χ4v) is 3.55. The minimum Gasteiger partial charge on any atom is -0.376 e. The second-order valence-corrected chi connectivity index (χ2v) is 7.12. The fraction of sp³-hybridized carbons (Fsp3) is 0.118. The number of nitro benzene ring substituents is 1. The molecule has 0 unspecified atom stereocenters. The van der Waals surface area contributed by atoms with Crippen LogP contribution in [0.5, 0.6) is 0 Å². The van der Waals surface area contributed by atoms with Gasteiger partial charge < -0.3 is 10.2 Å². The Morgan fingerprint density at radius 3 is 2.64 bits per heavy atom. The molecule has 25 heavy (non-hydrogen) atoms. The van der Waals surface area contributed by atoms with Crippen molar-refractivity contribution in [2.45, 2.75) is 0 Å². The van der Waals surface area contributed by atoms with Crippen LogP contribution in [0.3, 0.4) is 0 Å². The summed E-state index contributed by atoms with van der Waals surface area (Å²) in [6.07, 6.45) is 0. The third-order valence-electron chi connectivity index (χ3n) is 3.62. The summed E-state index contributed by atoms with van der Waals surface area (Å²) in [7, 11) is 3.74. The van der Waals surface area contributed by atoms with Crippen molar-refractivity contribution in [3.63, 3.8) is 0 Å². The van der Waals surface area contributed by atoms with E-state index in [-0.39, 0.29) is 11.6 Å². The highest BCUT2D eigenvalue weighted by molar-refractivity contribution is 7.20. The smallest absolute Gasteiger partial charge is 0.270 e. The van der Waals surface area contributed by atoms with Crippen LogP contribution in [0.15, 0.2) is 42.5 Å². The summed E-state index contributed by atoms with van der Waals surface area (Å²) >= 11 is 7.31. The van der Waals surface area contributed by atoms with E-state index in [2.05, 4.69) is 5.32 Å². The zero-order valence-corrected chi connectivity index (χ0v) is 15.0. The van der Waals surface area contributed by atoms with E-state index in [1.54, 1.807) is 24.3 Å². The topological polar surface area (TPSA) is 75.5 Å². The number of nitro groups is 1. The first-order chi connectivity index (χ1) is 11.8. The molecule has 0 radical (unpaired) electrons. The molecule has 1 heterocycles. The van der Waals surface area contributed by atoms with Gasteiger partial charge in [0.25, 0.3) is 11.6 Å². The molecule has 0 bridgehead atoms. The number of carbonyl (C=O) groups is 1. The average Bonchev–Trinajstić information content (AvgIpc) is 2.97. The highest BCUT2D eigenvalue weighted by Gasteiger charge is 2.15. The van der Waals surface area contributed by atoms with Gasteiger partial charge in [0.2, 0.25) is 0 Å². The number of fused-ring (bicyclic) bond motifs is 1. The zero-order chi connectivity index (χ0) is 18.1.